The number of rotatable bonds is 7. The first-order chi connectivity index (χ1) is 16.5. The van der Waals surface area contributed by atoms with Crippen LogP contribution in [0.4, 0.5) is 14.9 Å². The van der Waals surface area contributed by atoms with Gasteiger partial charge in [0.05, 0.1) is 18.7 Å². The van der Waals surface area contributed by atoms with E-state index in [1.54, 1.807) is 11.3 Å². The molecule has 0 aromatic carbocycles. The Bertz CT molecular complexity index is 800. The minimum atomic E-state index is -0.297. The van der Waals surface area contributed by atoms with E-state index in [9.17, 15) is 9.59 Å². The summed E-state index contributed by atoms with van der Waals surface area (Å²) in [7, 11) is 0. The third-order valence-electron chi connectivity index (χ3n) is 7.19. The number of amides is 2. The maximum atomic E-state index is 13.6. The number of carbonyl (C=O) groups excluding carboxylic acids is 2. The number of hydrogen-bond donors (Lipinski definition) is 1. The molecule has 1 N–H and O–H groups in total. The molecule has 2 heterocycles. The third-order valence-corrected chi connectivity index (χ3v) is 8.60. The fourth-order valence-corrected chi connectivity index (χ4v) is 6.67. The Hall–Kier alpha value is -1.58. The average molecular weight is 512 g/mol. The Morgan fingerprint density at radius 3 is 2.18 bits per heavy atom. The quantitative estimate of drug-likeness (QED) is 0.409. The molecule has 3 aliphatic rings. The number of urea groups is 1. The molecule has 34 heavy (non-hydrogen) atoms. The second-order valence-electron chi connectivity index (χ2n) is 9.57. The summed E-state index contributed by atoms with van der Waals surface area (Å²) in [6.07, 6.45) is 11.8. The Kier molecular flexibility index (Phi) is 9.31. The number of carbonyl (C=O) groups is 2. The topological polar surface area (TPSA) is 78.0 Å². The van der Waals surface area contributed by atoms with Crippen molar-refractivity contribution in [3.63, 3.8) is 0 Å². The van der Waals surface area contributed by atoms with Crippen molar-refractivity contribution in [2.24, 2.45) is 0 Å². The van der Waals surface area contributed by atoms with Crippen LogP contribution in [-0.2, 0) is 16.0 Å². The number of ether oxygens (including phenoxy) is 1. The highest BCUT2D eigenvalue weighted by Gasteiger charge is 2.33. The Balaban J connectivity index is 1.52. The summed E-state index contributed by atoms with van der Waals surface area (Å²) < 4.78 is 6.95. The van der Waals surface area contributed by atoms with Gasteiger partial charge in [-0.15, -0.1) is 0 Å². The molecule has 0 radical (unpaired) electrons. The van der Waals surface area contributed by atoms with Gasteiger partial charge in [-0.05, 0) is 44.4 Å². The molecule has 0 spiro atoms. The molecule has 0 unspecified atom stereocenters. The van der Waals surface area contributed by atoms with Crippen LogP contribution in [-0.4, -0.2) is 71.2 Å². The summed E-state index contributed by atoms with van der Waals surface area (Å²) in [6, 6.07) is 0.589. The predicted molar refractivity (Wildman–Crippen MR) is 137 cm³/mol. The molecule has 4 rings (SSSR count). The smallest absolute Gasteiger partial charge is 0.324 e. The summed E-state index contributed by atoms with van der Waals surface area (Å²) in [5, 5.41) is 4.62. The van der Waals surface area contributed by atoms with Crippen molar-refractivity contribution in [2.45, 2.75) is 89.6 Å². The third kappa shape index (κ3) is 6.55. The average Bonchev–Trinajstić information content (AvgIpc) is 3.23. The second-order valence-corrected chi connectivity index (χ2v) is 11.0. The van der Waals surface area contributed by atoms with Crippen LogP contribution in [0.15, 0.2) is 0 Å². The van der Waals surface area contributed by atoms with Gasteiger partial charge in [-0.2, -0.15) is 0 Å². The van der Waals surface area contributed by atoms with Gasteiger partial charge in [-0.25, -0.2) is 14.2 Å². The van der Waals surface area contributed by atoms with Crippen LogP contribution >= 0.6 is 23.1 Å². The van der Waals surface area contributed by atoms with E-state index in [4.69, 9.17) is 21.5 Å². The molecule has 2 aliphatic carbocycles. The van der Waals surface area contributed by atoms with Crippen LogP contribution in [0.3, 0.4) is 0 Å². The molecule has 8 nitrogen and oxygen atoms in total. The monoisotopic (exact) mass is 511 g/mol. The Morgan fingerprint density at radius 2 is 1.62 bits per heavy atom. The van der Waals surface area contributed by atoms with E-state index in [2.05, 4.69) is 15.1 Å². The fraction of sp³-hybridized carbons (Fsp3) is 0.792. The first-order valence-corrected chi connectivity index (χ1v) is 14.1. The standard InChI is InChI=1S/C24H38ClN5O3S/c1-2-33-21(31)17-20-22(28-13-15-29(25)16-14-28)34-23(26-20)27-24(32)30(18-9-5-3-6-10-18)19-11-7-4-8-12-19/h18-19H,2-17H2,1H3,(H,26,27,32). The summed E-state index contributed by atoms with van der Waals surface area (Å²) in [5.74, 6) is -0.297. The maximum Gasteiger partial charge on any atom is 0.324 e. The van der Waals surface area contributed by atoms with Crippen molar-refractivity contribution in [3.8, 4) is 0 Å². The van der Waals surface area contributed by atoms with E-state index in [0.717, 1.165) is 56.9 Å². The number of esters is 1. The van der Waals surface area contributed by atoms with Gasteiger partial charge in [0, 0.05) is 38.3 Å². The molecule has 190 valence electrons. The van der Waals surface area contributed by atoms with Crippen molar-refractivity contribution in [1.82, 2.24) is 14.3 Å². The maximum absolute atomic E-state index is 13.6. The van der Waals surface area contributed by atoms with Crippen molar-refractivity contribution >= 4 is 45.2 Å². The lowest BCUT2D eigenvalue weighted by atomic mass is 9.89. The lowest BCUT2D eigenvalue weighted by Gasteiger charge is -2.41. The first kappa shape index (κ1) is 25.5. The molecule has 3 fully saturated rings. The Morgan fingerprint density at radius 1 is 1.03 bits per heavy atom. The number of thiazole rings is 1. The second kappa shape index (κ2) is 12.4. The summed E-state index contributed by atoms with van der Waals surface area (Å²) in [4.78, 5) is 34.9. The van der Waals surface area contributed by atoms with E-state index in [0.29, 0.717) is 29.5 Å². The SMILES string of the molecule is CCOC(=O)Cc1nc(NC(=O)N(C2CCCCC2)C2CCCCC2)sc1N1CCN(Cl)CC1. The lowest BCUT2D eigenvalue weighted by molar-refractivity contribution is -0.142. The summed E-state index contributed by atoms with van der Waals surface area (Å²) >= 11 is 7.60. The zero-order chi connectivity index (χ0) is 23.9. The van der Waals surface area contributed by atoms with Crippen molar-refractivity contribution in [2.75, 3.05) is 43.0 Å². The van der Waals surface area contributed by atoms with Gasteiger partial charge in [0.2, 0.25) is 0 Å². The van der Waals surface area contributed by atoms with Crippen LogP contribution in [0, 0.1) is 0 Å². The van der Waals surface area contributed by atoms with E-state index >= 15 is 0 Å². The number of hydrogen-bond acceptors (Lipinski definition) is 7. The number of halogens is 1. The van der Waals surface area contributed by atoms with Gasteiger partial charge in [0.15, 0.2) is 5.13 Å². The first-order valence-electron chi connectivity index (χ1n) is 13.0. The van der Waals surface area contributed by atoms with Gasteiger partial charge in [0.1, 0.15) is 5.00 Å². The van der Waals surface area contributed by atoms with Crippen LogP contribution in [0.5, 0.6) is 0 Å². The lowest BCUT2D eigenvalue weighted by Crippen LogP contribution is -2.50. The fourth-order valence-electron chi connectivity index (χ4n) is 5.50. The van der Waals surface area contributed by atoms with Gasteiger partial charge in [0.25, 0.3) is 0 Å². The highest BCUT2D eigenvalue weighted by Crippen LogP contribution is 2.35. The van der Waals surface area contributed by atoms with Crippen LogP contribution < -0.4 is 10.2 Å². The molecule has 1 aromatic heterocycles. The number of anilines is 2. The summed E-state index contributed by atoms with van der Waals surface area (Å²) in [5.41, 5.74) is 0.670. The van der Waals surface area contributed by atoms with E-state index in [1.807, 2.05) is 0 Å². The molecule has 1 aliphatic heterocycles. The zero-order valence-electron chi connectivity index (χ0n) is 20.3. The van der Waals surface area contributed by atoms with Crippen LogP contribution in [0.25, 0.3) is 0 Å². The van der Waals surface area contributed by atoms with Gasteiger partial charge < -0.3 is 14.5 Å². The molecule has 0 atom stereocenters. The van der Waals surface area contributed by atoms with Gasteiger partial charge >= 0.3 is 12.0 Å². The van der Waals surface area contributed by atoms with Crippen molar-refractivity contribution in [3.05, 3.63) is 5.69 Å². The number of nitrogens with one attached hydrogen (secondary N) is 1. The molecule has 2 amide bonds. The molecular formula is C24H38ClN5O3S. The molecule has 2 saturated carbocycles. The molecule has 1 aromatic rings. The highest BCUT2D eigenvalue weighted by molar-refractivity contribution is 7.19. The molecular weight excluding hydrogens is 474 g/mol. The largest absolute Gasteiger partial charge is 0.466 e. The Labute approximate surface area is 212 Å². The van der Waals surface area contributed by atoms with E-state index < -0.39 is 0 Å². The highest BCUT2D eigenvalue weighted by atomic mass is 35.5. The molecule has 1 saturated heterocycles. The molecule has 0 bridgehead atoms. The minimum Gasteiger partial charge on any atom is -0.466 e. The van der Waals surface area contributed by atoms with Gasteiger partial charge in [-0.3, -0.25) is 10.1 Å². The van der Waals surface area contributed by atoms with Gasteiger partial charge in [-0.1, -0.05) is 49.9 Å². The van der Waals surface area contributed by atoms with E-state index in [-0.39, 0.29) is 18.4 Å². The predicted octanol–water partition coefficient (Wildman–Crippen LogP) is 5.02. The molecule has 10 heteroatoms. The van der Waals surface area contributed by atoms with Crippen molar-refractivity contribution in [1.29, 1.82) is 0 Å². The number of nitrogens with zero attached hydrogens (tertiary/aromatic N) is 4. The summed E-state index contributed by atoms with van der Waals surface area (Å²) in [6.45, 7) is 5.12. The van der Waals surface area contributed by atoms with Crippen LogP contribution in [0.2, 0.25) is 0 Å². The van der Waals surface area contributed by atoms with E-state index in [1.165, 1.54) is 49.9 Å². The number of piperazine rings is 1. The van der Waals surface area contributed by atoms with Crippen LogP contribution in [0.1, 0.15) is 76.8 Å². The minimum absolute atomic E-state index is 0.0348. The number of aromatic nitrogens is 1. The normalized spacial score (nSPS) is 20.8. The van der Waals surface area contributed by atoms with Crippen molar-refractivity contribution < 1.29 is 14.3 Å². The zero-order valence-corrected chi connectivity index (χ0v) is 21.8.